The predicted octanol–water partition coefficient (Wildman–Crippen LogP) is 5.34. The van der Waals surface area contributed by atoms with Gasteiger partial charge in [-0.05, 0) is 37.3 Å². The minimum absolute atomic E-state index is 0.101. The number of halogens is 3. The number of aromatic nitrogens is 2. The van der Waals surface area contributed by atoms with E-state index in [9.17, 15) is 9.18 Å². The number of nitrogens with one attached hydrogen (secondary N) is 2. The average Bonchev–Trinajstić information content (AvgIpc) is 3.19. The van der Waals surface area contributed by atoms with Gasteiger partial charge < -0.3 is 15.4 Å². The summed E-state index contributed by atoms with van der Waals surface area (Å²) in [4.78, 5) is 12.8. The SMILES string of the molecule is COC(=O)c1cc(C)sc1NC(=S)Nc1nn(Cc2c(F)cccc2Cl)cc1Cl. The van der Waals surface area contributed by atoms with Crippen molar-refractivity contribution in [3.63, 3.8) is 0 Å². The number of thiophene rings is 1. The predicted molar refractivity (Wildman–Crippen MR) is 118 cm³/mol. The number of rotatable bonds is 5. The standard InChI is InChI=1S/C18H15Cl2FN4O2S2/c1-9-6-10(17(26)27-2)16(29-9)23-18(28)22-15-13(20)8-25(24-15)7-11-12(19)4-3-5-14(11)21/h3-6,8H,7H2,1-2H3,(H2,22,23,24,28). The molecule has 0 saturated carbocycles. The molecule has 2 heterocycles. The van der Waals surface area contributed by atoms with Crippen LogP contribution in [0, 0.1) is 12.7 Å². The zero-order chi connectivity index (χ0) is 21.1. The van der Waals surface area contributed by atoms with Gasteiger partial charge in [0.05, 0.1) is 19.2 Å². The monoisotopic (exact) mass is 472 g/mol. The van der Waals surface area contributed by atoms with Crippen LogP contribution in [0.2, 0.25) is 10.0 Å². The highest BCUT2D eigenvalue weighted by atomic mass is 35.5. The van der Waals surface area contributed by atoms with Gasteiger partial charge in [0.15, 0.2) is 10.9 Å². The summed E-state index contributed by atoms with van der Waals surface area (Å²) in [5.41, 5.74) is 0.683. The summed E-state index contributed by atoms with van der Waals surface area (Å²) in [5.74, 6) is -0.618. The fourth-order valence-electron chi connectivity index (χ4n) is 2.52. The molecule has 2 N–H and O–H groups in total. The van der Waals surface area contributed by atoms with Crippen molar-refractivity contribution < 1.29 is 13.9 Å². The number of aryl methyl sites for hydroxylation is 1. The Bertz CT molecular complexity index is 1060. The third-order valence-electron chi connectivity index (χ3n) is 3.82. The van der Waals surface area contributed by atoms with Crippen molar-refractivity contribution in [1.29, 1.82) is 0 Å². The van der Waals surface area contributed by atoms with Crippen molar-refractivity contribution in [3.8, 4) is 0 Å². The summed E-state index contributed by atoms with van der Waals surface area (Å²) in [6.07, 6.45) is 1.53. The Hall–Kier alpha value is -2.20. The van der Waals surface area contributed by atoms with Crippen LogP contribution in [-0.4, -0.2) is 28.0 Å². The van der Waals surface area contributed by atoms with Crippen molar-refractivity contribution in [1.82, 2.24) is 9.78 Å². The summed E-state index contributed by atoms with van der Waals surface area (Å²) in [5, 5.41) is 11.4. The van der Waals surface area contributed by atoms with Crippen LogP contribution in [0.15, 0.2) is 30.5 Å². The lowest BCUT2D eigenvalue weighted by Gasteiger charge is -2.09. The van der Waals surface area contributed by atoms with E-state index in [1.54, 1.807) is 12.1 Å². The first-order valence-corrected chi connectivity index (χ1v) is 10.2. The van der Waals surface area contributed by atoms with Gasteiger partial charge in [-0.3, -0.25) is 4.68 Å². The number of anilines is 2. The van der Waals surface area contributed by atoms with Crippen LogP contribution in [0.25, 0.3) is 0 Å². The van der Waals surface area contributed by atoms with Crippen LogP contribution in [0.5, 0.6) is 0 Å². The summed E-state index contributed by atoms with van der Waals surface area (Å²) in [6, 6.07) is 6.17. The summed E-state index contributed by atoms with van der Waals surface area (Å²) in [7, 11) is 1.31. The number of ether oxygens (including phenoxy) is 1. The molecule has 0 bridgehead atoms. The van der Waals surface area contributed by atoms with Crippen LogP contribution in [0.3, 0.4) is 0 Å². The van der Waals surface area contributed by atoms with Gasteiger partial charge in [-0.2, -0.15) is 5.10 Å². The minimum atomic E-state index is -0.469. The topological polar surface area (TPSA) is 68.2 Å². The van der Waals surface area contributed by atoms with Crippen LogP contribution < -0.4 is 10.6 Å². The number of carbonyl (C=O) groups is 1. The lowest BCUT2D eigenvalue weighted by Crippen LogP contribution is -2.20. The molecule has 2 aromatic heterocycles. The molecular weight excluding hydrogens is 458 g/mol. The van der Waals surface area contributed by atoms with Gasteiger partial charge in [-0.25, -0.2) is 9.18 Å². The Morgan fingerprint density at radius 1 is 1.34 bits per heavy atom. The number of hydrogen-bond acceptors (Lipinski definition) is 5. The van der Waals surface area contributed by atoms with Crippen LogP contribution in [-0.2, 0) is 11.3 Å². The second-order valence-corrected chi connectivity index (χ2v) is 8.37. The molecule has 0 spiro atoms. The average molecular weight is 473 g/mol. The molecule has 0 saturated heterocycles. The van der Waals surface area contributed by atoms with Gasteiger partial charge in [0.2, 0.25) is 0 Å². The molecule has 0 aliphatic rings. The zero-order valence-electron chi connectivity index (χ0n) is 15.3. The number of thiocarbonyl (C=S) groups is 1. The first kappa shape index (κ1) is 21.5. The van der Waals surface area contributed by atoms with E-state index >= 15 is 0 Å². The first-order valence-electron chi connectivity index (χ1n) is 8.21. The van der Waals surface area contributed by atoms with Gasteiger partial charge >= 0.3 is 5.97 Å². The molecule has 3 rings (SSSR count). The normalized spacial score (nSPS) is 10.7. The number of nitrogens with zero attached hydrogens (tertiary/aromatic N) is 2. The van der Waals surface area contributed by atoms with Gasteiger partial charge in [-0.1, -0.05) is 29.3 Å². The molecule has 0 fully saturated rings. The fraction of sp³-hybridized carbons (Fsp3) is 0.167. The highest BCUT2D eigenvalue weighted by molar-refractivity contribution is 7.80. The first-order chi connectivity index (χ1) is 13.8. The highest BCUT2D eigenvalue weighted by Gasteiger charge is 2.17. The van der Waals surface area contributed by atoms with E-state index in [1.807, 2.05) is 6.92 Å². The third kappa shape index (κ3) is 5.05. The largest absolute Gasteiger partial charge is 0.465 e. The second-order valence-electron chi connectivity index (χ2n) is 5.89. The third-order valence-corrected chi connectivity index (χ3v) is 5.62. The number of esters is 1. The van der Waals surface area contributed by atoms with Gasteiger partial charge in [0.1, 0.15) is 15.8 Å². The maximum absolute atomic E-state index is 14.0. The van der Waals surface area contributed by atoms with E-state index in [0.29, 0.717) is 21.2 Å². The van der Waals surface area contributed by atoms with Crippen LogP contribution in [0.4, 0.5) is 15.2 Å². The lowest BCUT2D eigenvalue weighted by atomic mass is 10.2. The van der Waals surface area contributed by atoms with E-state index < -0.39 is 11.8 Å². The van der Waals surface area contributed by atoms with E-state index in [2.05, 4.69) is 15.7 Å². The van der Waals surface area contributed by atoms with Crippen LogP contribution in [0.1, 0.15) is 20.8 Å². The molecule has 0 amide bonds. The number of carbonyl (C=O) groups excluding carboxylic acids is 1. The second kappa shape index (κ2) is 9.08. The smallest absolute Gasteiger partial charge is 0.340 e. The molecule has 0 atom stereocenters. The maximum Gasteiger partial charge on any atom is 0.340 e. The number of hydrogen-bond donors (Lipinski definition) is 2. The maximum atomic E-state index is 14.0. The molecular formula is C18H15Cl2FN4O2S2. The van der Waals surface area contributed by atoms with Crippen molar-refractivity contribution in [2.24, 2.45) is 0 Å². The zero-order valence-corrected chi connectivity index (χ0v) is 18.4. The summed E-state index contributed by atoms with van der Waals surface area (Å²) >= 11 is 18.9. The van der Waals surface area contributed by atoms with E-state index in [-0.39, 0.29) is 22.5 Å². The Morgan fingerprint density at radius 2 is 2.10 bits per heavy atom. The number of methoxy groups -OCH3 is 1. The molecule has 152 valence electrons. The van der Waals surface area contributed by atoms with Gasteiger partial charge in [0.25, 0.3) is 0 Å². The molecule has 11 heteroatoms. The Labute approximate surface area is 185 Å². The fourth-order valence-corrected chi connectivity index (χ4v) is 4.11. The van der Waals surface area contributed by atoms with E-state index in [4.69, 9.17) is 40.2 Å². The summed E-state index contributed by atoms with van der Waals surface area (Å²) in [6.45, 7) is 1.97. The van der Waals surface area contributed by atoms with E-state index in [0.717, 1.165) is 4.88 Å². The highest BCUT2D eigenvalue weighted by Crippen LogP contribution is 2.29. The molecule has 0 aliphatic carbocycles. The molecule has 29 heavy (non-hydrogen) atoms. The molecule has 0 unspecified atom stereocenters. The quantitative estimate of drug-likeness (QED) is 0.385. The molecule has 6 nitrogen and oxygen atoms in total. The van der Waals surface area contributed by atoms with Gasteiger partial charge in [-0.15, -0.1) is 11.3 Å². The minimum Gasteiger partial charge on any atom is -0.465 e. The van der Waals surface area contributed by atoms with Crippen molar-refractivity contribution >= 4 is 68.7 Å². The Kier molecular flexibility index (Phi) is 6.74. The van der Waals surface area contributed by atoms with Crippen molar-refractivity contribution in [2.45, 2.75) is 13.5 Å². The molecule has 1 aromatic carbocycles. The van der Waals surface area contributed by atoms with Crippen molar-refractivity contribution in [3.05, 3.63) is 62.3 Å². The Balaban J connectivity index is 1.73. The molecule has 3 aromatic rings. The Morgan fingerprint density at radius 3 is 2.79 bits per heavy atom. The van der Waals surface area contributed by atoms with E-state index in [1.165, 1.54) is 41.5 Å². The lowest BCUT2D eigenvalue weighted by molar-refractivity contribution is 0.0602. The van der Waals surface area contributed by atoms with Crippen LogP contribution >= 0.6 is 46.8 Å². The number of benzene rings is 1. The van der Waals surface area contributed by atoms with Crippen molar-refractivity contribution in [2.75, 3.05) is 17.7 Å². The molecule has 0 aliphatic heterocycles. The molecule has 0 radical (unpaired) electrons. The van der Waals surface area contributed by atoms with Gasteiger partial charge in [0, 0.05) is 21.7 Å². The summed E-state index contributed by atoms with van der Waals surface area (Å²) < 4.78 is 20.2.